The lowest BCUT2D eigenvalue weighted by Crippen LogP contribution is -2.15. The summed E-state index contributed by atoms with van der Waals surface area (Å²) in [6.07, 6.45) is -0.222. The molecule has 4 heteroatoms. The summed E-state index contributed by atoms with van der Waals surface area (Å²) in [6.45, 7) is 0. The summed E-state index contributed by atoms with van der Waals surface area (Å²) in [6, 6.07) is 17.1. The van der Waals surface area contributed by atoms with Crippen molar-refractivity contribution in [1.29, 1.82) is 0 Å². The molecule has 0 aliphatic carbocycles. The van der Waals surface area contributed by atoms with E-state index in [4.69, 9.17) is 14.2 Å². The van der Waals surface area contributed by atoms with Gasteiger partial charge in [-0.3, -0.25) is 0 Å². The molecule has 0 saturated carbocycles. The summed E-state index contributed by atoms with van der Waals surface area (Å²) >= 11 is 0. The number of ether oxygens (including phenoxy) is 3. The minimum absolute atomic E-state index is 0.276. The largest absolute Gasteiger partial charge is 0.457 e. The fourth-order valence-corrected chi connectivity index (χ4v) is 2.35. The summed E-state index contributed by atoms with van der Waals surface area (Å²) < 4.78 is 16.2. The number of benzene rings is 2. The van der Waals surface area contributed by atoms with Crippen LogP contribution in [-0.4, -0.2) is 19.2 Å². The number of cyclic esters (lactones) is 1. The molecule has 1 heterocycles. The van der Waals surface area contributed by atoms with E-state index in [1.165, 1.54) is 7.11 Å². The Balaban J connectivity index is 1.76. The maximum Gasteiger partial charge on any atom is 0.336 e. The van der Waals surface area contributed by atoms with Crippen molar-refractivity contribution in [3.8, 4) is 11.5 Å². The number of esters is 1. The predicted molar refractivity (Wildman–Crippen MR) is 77.2 cm³/mol. The van der Waals surface area contributed by atoms with Crippen LogP contribution in [0.25, 0.3) is 0 Å². The van der Waals surface area contributed by atoms with Crippen molar-refractivity contribution in [2.45, 2.75) is 18.6 Å². The molecule has 2 atom stereocenters. The monoisotopic (exact) mass is 284 g/mol. The molecular formula is C17H16O4. The summed E-state index contributed by atoms with van der Waals surface area (Å²) in [4.78, 5) is 11.6. The second-order valence-electron chi connectivity index (χ2n) is 4.87. The highest BCUT2D eigenvalue weighted by Crippen LogP contribution is 2.33. The van der Waals surface area contributed by atoms with Crippen molar-refractivity contribution >= 4 is 5.97 Å². The van der Waals surface area contributed by atoms with Gasteiger partial charge in [-0.1, -0.05) is 30.3 Å². The van der Waals surface area contributed by atoms with Crippen LogP contribution in [0.5, 0.6) is 11.5 Å². The summed E-state index contributed by atoms with van der Waals surface area (Å²) in [7, 11) is 1.52. The van der Waals surface area contributed by atoms with Gasteiger partial charge in [0.05, 0.1) is 0 Å². The van der Waals surface area contributed by atoms with E-state index in [9.17, 15) is 4.79 Å². The number of methoxy groups -OCH3 is 1. The Hall–Kier alpha value is -2.33. The van der Waals surface area contributed by atoms with Crippen LogP contribution in [0, 0.1) is 0 Å². The number of carbonyl (C=O) groups is 1. The van der Waals surface area contributed by atoms with Crippen molar-refractivity contribution in [3.63, 3.8) is 0 Å². The van der Waals surface area contributed by atoms with Crippen molar-refractivity contribution in [2.24, 2.45) is 0 Å². The van der Waals surface area contributed by atoms with Gasteiger partial charge in [0.1, 0.15) is 17.6 Å². The number of hydrogen-bond acceptors (Lipinski definition) is 4. The Bertz CT molecular complexity index is 624. The van der Waals surface area contributed by atoms with Gasteiger partial charge < -0.3 is 14.2 Å². The topological polar surface area (TPSA) is 44.8 Å². The van der Waals surface area contributed by atoms with Gasteiger partial charge >= 0.3 is 5.97 Å². The van der Waals surface area contributed by atoms with E-state index in [2.05, 4.69) is 0 Å². The third-order valence-electron chi connectivity index (χ3n) is 3.44. The molecule has 2 unspecified atom stereocenters. The van der Waals surface area contributed by atoms with Crippen LogP contribution in [0.4, 0.5) is 0 Å². The Kier molecular flexibility index (Phi) is 3.88. The van der Waals surface area contributed by atoms with Gasteiger partial charge in [0.25, 0.3) is 0 Å². The lowest BCUT2D eigenvalue weighted by atomic mass is 10.1. The van der Waals surface area contributed by atoms with Gasteiger partial charge in [-0.2, -0.15) is 0 Å². The molecule has 21 heavy (non-hydrogen) atoms. The fourth-order valence-electron chi connectivity index (χ4n) is 2.35. The fraction of sp³-hybridized carbons (Fsp3) is 0.235. The molecule has 2 aromatic carbocycles. The smallest absolute Gasteiger partial charge is 0.336 e. The van der Waals surface area contributed by atoms with Crippen molar-refractivity contribution in [2.75, 3.05) is 7.11 Å². The first-order chi connectivity index (χ1) is 10.3. The van der Waals surface area contributed by atoms with Gasteiger partial charge in [0, 0.05) is 13.5 Å². The lowest BCUT2D eigenvalue weighted by molar-refractivity contribution is -0.148. The highest BCUT2D eigenvalue weighted by Gasteiger charge is 2.35. The van der Waals surface area contributed by atoms with E-state index >= 15 is 0 Å². The van der Waals surface area contributed by atoms with Crippen LogP contribution < -0.4 is 4.74 Å². The van der Waals surface area contributed by atoms with Crippen molar-refractivity contribution in [1.82, 2.24) is 0 Å². The van der Waals surface area contributed by atoms with Crippen LogP contribution in [0.15, 0.2) is 54.6 Å². The van der Waals surface area contributed by atoms with Crippen molar-refractivity contribution in [3.05, 3.63) is 60.2 Å². The molecule has 2 aromatic rings. The molecule has 1 aliphatic rings. The van der Waals surface area contributed by atoms with Gasteiger partial charge in [0.2, 0.25) is 0 Å². The second-order valence-corrected chi connectivity index (χ2v) is 4.87. The molecule has 0 spiro atoms. The SMILES string of the molecule is COC1CC(c2cccc(Oc3ccccc3)c2)OC1=O. The molecule has 0 amide bonds. The Morgan fingerprint density at radius 3 is 2.52 bits per heavy atom. The summed E-state index contributed by atoms with van der Waals surface area (Å²) in [5.74, 6) is 1.18. The van der Waals surface area contributed by atoms with Gasteiger partial charge in [-0.15, -0.1) is 0 Å². The molecule has 108 valence electrons. The zero-order valence-electron chi connectivity index (χ0n) is 11.7. The maximum absolute atomic E-state index is 11.6. The van der Waals surface area contributed by atoms with Crippen molar-refractivity contribution < 1.29 is 19.0 Å². The Morgan fingerprint density at radius 2 is 1.81 bits per heavy atom. The highest BCUT2D eigenvalue weighted by atomic mass is 16.6. The number of carbonyl (C=O) groups excluding carboxylic acids is 1. The number of rotatable bonds is 4. The first-order valence-corrected chi connectivity index (χ1v) is 6.82. The molecule has 4 nitrogen and oxygen atoms in total. The molecule has 1 aliphatic heterocycles. The number of hydrogen-bond donors (Lipinski definition) is 0. The minimum atomic E-state index is -0.478. The molecule has 1 fully saturated rings. The molecule has 3 rings (SSSR count). The minimum Gasteiger partial charge on any atom is -0.457 e. The van der Waals surface area contributed by atoms with E-state index < -0.39 is 6.10 Å². The highest BCUT2D eigenvalue weighted by molar-refractivity contribution is 5.77. The first kappa shape index (κ1) is 13.6. The van der Waals surface area contributed by atoms with Crippen LogP contribution in [0.2, 0.25) is 0 Å². The van der Waals surface area contributed by atoms with Gasteiger partial charge in [0.15, 0.2) is 6.10 Å². The quantitative estimate of drug-likeness (QED) is 0.806. The lowest BCUT2D eigenvalue weighted by Gasteiger charge is -2.11. The van der Waals surface area contributed by atoms with Crippen LogP contribution in [0.3, 0.4) is 0 Å². The van der Waals surface area contributed by atoms with E-state index in [1.807, 2.05) is 54.6 Å². The van der Waals surface area contributed by atoms with Gasteiger partial charge in [-0.25, -0.2) is 4.79 Å². The zero-order valence-corrected chi connectivity index (χ0v) is 11.7. The van der Waals surface area contributed by atoms with Crippen LogP contribution in [-0.2, 0) is 14.3 Å². The molecule has 0 bridgehead atoms. The first-order valence-electron chi connectivity index (χ1n) is 6.82. The van der Waals surface area contributed by atoms with Gasteiger partial charge in [-0.05, 0) is 29.8 Å². The Morgan fingerprint density at radius 1 is 1.05 bits per heavy atom. The average Bonchev–Trinajstić information content (AvgIpc) is 2.90. The summed E-state index contributed by atoms with van der Waals surface area (Å²) in [5, 5.41) is 0. The molecule has 0 radical (unpaired) electrons. The molecule has 0 N–H and O–H groups in total. The van der Waals surface area contributed by atoms with Crippen LogP contribution in [0.1, 0.15) is 18.1 Å². The third kappa shape index (κ3) is 3.06. The predicted octanol–water partition coefficient (Wildman–Crippen LogP) is 3.48. The normalized spacial score (nSPS) is 21.1. The van der Waals surface area contributed by atoms with E-state index in [0.717, 1.165) is 17.1 Å². The van der Waals surface area contributed by atoms with E-state index in [0.29, 0.717) is 6.42 Å². The number of para-hydroxylation sites is 1. The maximum atomic E-state index is 11.6. The van der Waals surface area contributed by atoms with E-state index in [-0.39, 0.29) is 12.1 Å². The zero-order chi connectivity index (χ0) is 14.7. The molecule has 1 saturated heterocycles. The molecule has 0 aromatic heterocycles. The summed E-state index contributed by atoms with van der Waals surface area (Å²) in [5.41, 5.74) is 0.913. The average molecular weight is 284 g/mol. The van der Waals surface area contributed by atoms with E-state index in [1.54, 1.807) is 0 Å². The standard InChI is InChI=1S/C17H16O4/c1-19-16-11-15(21-17(16)18)12-6-5-9-14(10-12)20-13-7-3-2-4-8-13/h2-10,15-16H,11H2,1H3. The second kappa shape index (κ2) is 5.97. The Labute approximate surface area is 123 Å². The third-order valence-corrected chi connectivity index (χ3v) is 3.44. The van der Waals surface area contributed by atoms with Crippen LogP contribution >= 0.6 is 0 Å². The molecular weight excluding hydrogens is 268 g/mol.